The summed E-state index contributed by atoms with van der Waals surface area (Å²) in [4.78, 5) is 17.0. The van der Waals surface area contributed by atoms with Crippen LogP contribution in [0.5, 0.6) is 17.2 Å². The molecule has 1 aromatic heterocycles. The minimum absolute atomic E-state index is 0.0899. The van der Waals surface area contributed by atoms with Crippen LogP contribution in [0.3, 0.4) is 0 Å². The number of nitrogens with one attached hydrogen (secondary N) is 1. The first-order valence-electron chi connectivity index (χ1n) is 9.88. The quantitative estimate of drug-likeness (QED) is 0.550. The van der Waals surface area contributed by atoms with Crippen molar-refractivity contribution in [2.24, 2.45) is 5.92 Å². The first-order valence-corrected chi connectivity index (χ1v) is 10.3. The molecule has 2 aromatic carbocycles. The number of ether oxygens (including phenoxy) is 3. The molecule has 4 rings (SSSR count). The molecule has 1 aliphatic rings. The number of nitrogens with zero attached hydrogens (tertiary/aromatic N) is 1. The van der Waals surface area contributed by atoms with Crippen LogP contribution >= 0.6 is 11.6 Å². The van der Waals surface area contributed by atoms with E-state index in [0.717, 1.165) is 5.56 Å². The summed E-state index contributed by atoms with van der Waals surface area (Å²) >= 11 is 6.15. The lowest BCUT2D eigenvalue weighted by molar-refractivity contribution is -0.117. The molecule has 3 aromatic rings. The van der Waals surface area contributed by atoms with Crippen LogP contribution in [0.1, 0.15) is 12.0 Å². The standard InChI is InChI=1S/C24H23ClN2O4/c1-29-21-9-8-17(12-22(21)30-2)31-15-24(16-6-4-3-5-7-16)13-18(24)23(28)27-20-10-11-26-14-19(20)25/h3-12,14,18H,13,15H2,1-2H3,(H,26,27,28). The van der Waals surface area contributed by atoms with Gasteiger partial charge in [-0.05, 0) is 30.2 Å². The number of carbonyl (C=O) groups excluding carboxylic acids is 1. The van der Waals surface area contributed by atoms with Crippen molar-refractivity contribution in [1.82, 2.24) is 4.98 Å². The van der Waals surface area contributed by atoms with Gasteiger partial charge in [-0.2, -0.15) is 0 Å². The zero-order valence-electron chi connectivity index (χ0n) is 17.3. The van der Waals surface area contributed by atoms with Crippen molar-refractivity contribution in [3.05, 3.63) is 77.6 Å². The van der Waals surface area contributed by atoms with Gasteiger partial charge in [0.2, 0.25) is 5.91 Å². The molecule has 7 heteroatoms. The Hall–Kier alpha value is -3.25. The van der Waals surface area contributed by atoms with Gasteiger partial charge in [0.1, 0.15) is 5.75 Å². The molecule has 6 nitrogen and oxygen atoms in total. The minimum atomic E-state index is -0.419. The van der Waals surface area contributed by atoms with Gasteiger partial charge in [-0.15, -0.1) is 0 Å². The topological polar surface area (TPSA) is 69.7 Å². The number of carbonyl (C=O) groups is 1. The second kappa shape index (κ2) is 8.86. The molecule has 1 fully saturated rings. The van der Waals surface area contributed by atoms with Gasteiger partial charge in [-0.1, -0.05) is 41.9 Å². The molecule has 160 valence electrons. The van der Waals surface area contributed by atoms with E-state index in [-0.39, 0.29) is 11.8 Å². The van der Waals surface area contributed by atoms with E-state index < -0.39 is 5.41 Å². The molecule has 2 unspecified atom stereocenters. The number of aromatic nitrogens is 1. The van der Waals surface area contributed by atoms with Crippen LogP contribution in [0, 0.1) is 5.92 Å². The summed E-state index contributed by atoms with van der Waals surface area (Å²) in [6.07, 6.45) is 3.78. The number of amides is 1. The van der Waals surface area contributed by atoms with E-state index in [9.17, 15) is 4.79 Å². The molecule has 0 bridgehead atoms. The van der Waals surface area contributed by atoms with Crippen LogP contribution in [-0.4, -0.2) is 31.7 Å². The van der Waals surface area contributed by atoms with E-state index in [1.807, 2.05) is 36.4 Å². The monoisotopic (exact) mass is 438 g/mol. The Morgan fingerprint density at radius 2 is 1.90 bits per heavy atom. The molecule has 1 N–H and O–H groups in total. The summed E-state index contributed by atoms with van der Waals surface area (Å²) in [5, 5.41) is 3.33. The Morgan fingerprint density at radius 1 is 1.13 bits per heavy atom. The van der Waals surface area contributed by atoms with E-state index in [1.165, 1.54) is 6.20 Å². The number of pyridine rings is 1. The van der Waals surface area contributed by atoms with Crippen LogP contribution in [0.2, 0.25) is 5.02 Å². The maximum atomic E-state index is 13.0. The average molecular weight is 439 g/mol. The molecule has 0 aliphatic heterocycles. The molecule has 0 radical (unpaired) electrons. The summed E-state index contributed by atoms with van der Waals surface area (Å²) in [6, 6.07) is 17.1. The van der Waals surface area contributed by atoms with Gasteiger partial charge in [-0.3, -0.25) is 9.78 Å². The summed E-state index contributed by atoms with van der Waals surface area (Å²) in [5.41, 5.74) is 1.20. The molecule has 1 amide bonds. The minimum Gasteiger partial charge on any atom is -0.493 e. The summed E-state index contributed by atoms with van der Waals surface area (Å²) in [5.74, 6) is 1.54. The number of rotatable bonds is 8. The molecular formula is C24H23ClN2O4. The Bertz CT molecular complexity index is 1080. The Balaban J connectivity index is 1.54. The highest BCUT2D eigenvalue weighted by molar-refractivity contribution is 6.33. The van der Waals surface area contributed by atoms with Crippen molar-refractivity contribution < 1.29 is 19.0 Å². The van der Waals surface area contributed by atoms with E-state index in [2.05, 4.69) is 10.3 Å². The van der Waals surface area contributed by atoms with Gasteiger partial charge in [0, 0.05) is 23.9 Å². The van der Waals surface area contributed by atoms with E-state index in [1.54, 1.807) is 38.6 Å². The number of hydrogen-bond acceptors (Lipinski definition) is 5. The Kier molecular flexibility index (Phi) is 6.00. The van der Waals surface area contributed by atoms with Crippen molar-refractivity contribution in [2.75, 3.05) is 26.1 Å². The van der Waals surface area contributed by atoms with Gasteiger partial charge in [0.25, 0.3) is 0 Å². The predicted molar refractivity (Wildman–Crippen MR) is 119 cm³/mol. The fraction of sp³-hybridized carbons (Fsp3) is 0.250. The predicted octanol–water partition coefficient (Wildman–Crippen LogP) is 4.73. The molecule has 2 atom stereocenters. The largest absolute Gasteiger partial charge is 0.493 e. The maximum absolute atomic E-state index is 13.0. The van der Waals surface area contributed by atoms with Crippen molar-refractivity contribution in [3.63, 3.8) is 0 Å². The lowest BCUT2D eigenvalue weighted by atomic mass is 9.93. The van der Waals surface area contributed by atoms with E-state index >= 15 is 0 Å². The highest BCUT2D eigenvalue weighted by Gasteiger charge is 2.60. The molecule has 1 saturated carbocycles. The number of methoxy groups -OCH3 is 2. The van der Waals surface area contributed by atoms with Crippen molar-refractivity contribution in [3.8, 4) is 17.2 Å². The lowest BCUT2D eigenvalue weighted by Crippen LogP contribution is -2.26. The van der Waals surface area contributed by atoms with Crippen LogP contribution in [0.15, 0.2) is 67.0 Å². The van der Waals surface area contributed by atoms with Gasteiger partial charge in [0.05, 0.1) is 37.5 Å². The van der Waals surface area contributed by atoms with Crippen molar-refractivity contribution in [2.45, 2.75) is 11.8 Å². The smallest absolute Gasteiger partial charge is 0.228 e. The normalized spacial score (nSPS) is 19.4. The maximum Gasteiger partial charge on any atom is 0.228 e. The summed E-state index contributed by atoms with van der Waals surface area (Å²) in [6.45, 7) is 0.356. The van der Waals surface area contributed by atoms with Crippen LogP contribution in [-0.2, 0) is 10.2 Å². The van der Waals surface area contributed by atoms with Gasteiger partial charge in [-0.25, -0.2) is 0 Å². The van der Waals surface area contributed by atoms with Crippen LogP contribution < -0.4 is 19.5 Å². The van der Waals surface area contributed by atoms with Crippen molar-refractivity contribution in [1.29, 1.82) is 0 Å². The zero-order chi connectivity index (χ0) is 21.8. The Labute approximate surface area is 186 Å². The first kappa shape index (κ1) is 21.0. The first-order chi connectivity index (χ1) is 15.1. The van der Waals surface area contributed by atoms with Gasteiger partial charge in [0.15, 0.2) is 11.5 Å². The summed E-state index contributed by atoms with van der Waals surface area (Å²) < 4.78 is 16.8. The molecule has 0 spiro atoms. The fourth-order valence-electron chi connectivity index (χ4n) is 3.80. The van der Waals surface area contributed by atoms with E-state index in [0.29, 0.717) is 41.0 Å². The van der Waals surface area contributed by atoms with Crippen LogP contribution in [0.25, 0.3) is 0 Å². The third kappa shape index (κ3) is 4.30. The summed E-state index contributed by atoms with van der Waals surface area (Å²) in [7, 11) is 3.17. The van der Waals surface area contributed by atoms with Gasteiger partial charge >= 0.3 is 0 Å². The van der Waals surface area contributed by atoms with Crippen LogP contribution in [0.4, 0.5) is 5.69 Å². The van der Waals surface area contributed by atoms with Gasteiger partial charge < -0.3 is 19.5 Å². The van der Waals surface area contributed by atoms with Crippen molar-refractivity contribution >= 4 is 23.2 Å². The number of benzene rings is 2. The lowest BCUT2D eigenvalue weighted by Gasteiger charge is -2.20. The number of hydrogen-bond donors (Lipinski definition) is 1. The molecular weight excluding hydrogens is 416 g/mol. The molecule has 0 saturated heterocycles. The molecule has 1 aliphatic carbocycles. The highest BCUT2D eigenvalue weighted by Crippen LogP contribution is 2.55. The molecule has 1 heterocycles. The number of halogens is 1. The third-order valence-electron chi connectivity index (χ3n) is 5.62. The second-order valence-electron chi connectivity index (χ2n) is 7.43. The molecule has 31 heavy (non-hydrogen) atoms. The average Bonchev–Trinajstić information content (AvgIpc) is 3.55. The second-order valence-corrected chi connectivity index (χ2v) is 7.84. The SMILES string of the molecule is COc1ccc(OCC2(c3ccccc3)CC2C(=O)Nc2ccncc2Cl)cc1OC. The Morgan fingerprint density at radius 3 is 2.61 bits per heavy atom. The van der Waals surface area contributed by atoms with E-state index in [4.69, 9.17) is 25.8 Å². The fourth-order valence-corrected chi connectivity index (χ4v) is 3.96. The third-order valence-corrected chi connectivity index (χ3v) is 5.92. The zero-order valence-corrected chi connectivity index (χ0v) is 18.1. The highest BCUT2D eigenvalue weighted by atomic mass is 35.5. The number of anilines is 1.